The maximum Gasteiger partial charge on any atom is 0.425 e. The van der Waals surface area contributed by atoms with Crippen molar-refractivity contribution in [3.8, 4) is 5.75 Å². The van der Waals surface area contributed by atoms with Crippen LogP contribution in [0.2, 0.25) is 15.1 Å². The van der Waals surface area contributed by atoms with Gasteiger partial charge in [0.2, 0.25) is 5.60 Å². The lowest BCUT2D eigenvalue weighted by atomic mass is 9.85. The number of anilines is 2. The predicted octanol–water partition coefficient (Wildman–Crippen LogP) is 7.27. The lowest BCUT2D eigenvalue weighted by molar-refractivity contribution is -0.258. The molecular formula is C23H17Cl3F3N2O4-. The molecule has 35 heavy (non-hydrogen) atoms. The van der Waals surface area contributed by atoms with E-state index in [1.807, 2.05) is 0 Å². The molecule has 1 atom stereocenters. The molecule has 1 amide bonds. The number of amides is 1. The van der Waals surface area contributed by atoms with Crippen molar-refractivity contribution in [2.75, 3.05) is 25.0 Å². The number of methoxy groups -OCH3 is 2. The van der Waals surface area contributed by atoms with E-state index in [1.165, 1.54) is 49.6 Å². The van der Waals surface area contributed by atoms with Crippen LogP contribution in [0, 0.1) is 5.21 Å². The number of rotatable bonds is 7. The average molecular weight is 549 g/mol. The maximum atomic E-state index is 14.4. The highest BCUT2D eigenvalue weighted by atomic mass is 35.5. The monoisotopic (exact) mass is 547 g/mol. The first-order valence-corrected chi connectivity index (χ1v) is 10.9. The number of benzene rings is 3. The van der Waals surface area contributed by atoms with Gasteiger partial charge in [0.15, 0.2) is 5.75 Å². The van der Waals surface area contributed by atoms with Gasteiger partial charge in [-0.3, -0.25) is 4.79 Å². The van der Waals surface area contributed by atoms with Gasteiger partial charge < -0.3 is 25.5 Å². The Balaban J connectivity index is 2.09. The van der Waals surface area contributed by atoms with Crippen molar-refractivity contribution in [3.63, 3.8) is 0 Å². The van der Waals surface area contributed by atoms with Crippen molar-refractivity contribution in [2.24, 2.45) is 0 Å². The average Bonchev–Trinajstić information content (AvgIpc) is 2.81. The fourth-order valence-electron chi connectivity index (χ4n) is 3.62. The van der Waals surface area contributed by atoms with Crippen LogP contribution in [0.4, 0.5) is 24.5 Å². The Bertz CT molecular complexity index is 1220. The molecule has 3 rings (SSSR count). The second-order valence-corrected chi connectivity index (χ2v) is 8.40. The zero-order chi connectivity index (χ0) is 26.0. The molecule has 0 saturated heterocycles. The quantitative estimate of drug-likeness (QED) is 0.304. The van der Waals surface area contributed by atoms with E-state index in [9.17, 15) is 23.2 Å². The lowest BCUT2D eigenvalue weighted by Gasteiger charge is -2.36. The van der Waals surface area contributed by atoms with Crippen molar-refractivity contribution in [2.45, 2.75) is 11.8 Å². The largest absolute Gasteiger partial charge is 0.761 e. The Morgan fingerprint density at radius 1 is 0.943 bits per heavy atom. The van der Waals surface area contributed by atoms with E-state index in [-0.39, 0.29) is 43.3 Å². The normalized spacial score (nSPS) is 13.2. The summed E-state index contributed by atoms with van der Waals surface area (Å²) >= 11 is 18.4. The van der Waals surface area contributed by atoms with E-state index in [0.717, 1.165) is 19.2 Å². The molecule has 0 bridgehead atoms. The molecule has 0 aromatic heterocycles. The molecule has 0 aliphatic heterocycles. The molecule has 12 heteroatoms. The minimum Gasteiger partial charge on any atom is -0.761 e. The summed E-state index contributed by atoms with van der Waals surface area (Å²) in [6.07, 6.45) is -4.92. The van der Waals surface area contributed by atoms with Crippen LogP contribution >= 0.6 is 34.8 Å². The first kappa shape index (κ1) is 26.9. The van der Waals surface area contributed by atoms with Crippen LogP contribution < -0.4 is 15.5 Å². The Hall–Kier alpha value is -2.69. The second-order valence-electron chi connectivity index (χ2n) is 7.15. The fraction of sp³-hybridized carbons (Fsp3) is 0.174. The van der Waals surface area contributed by atoms with Gasteiger partial charge in [-0.05, 0) is 42.0 Å². The number of hydrogen-bond acceptors (Lipinski definition) is 5. The number of alkyl halides is 3. The molecule has 0 saturated carbocycles. The Morgan fingerprint density at radius 3 is 2.03 bits per heavy atom. The van der Waals surface area contributed by atoms with Gasteiger partial charge in [0.1, 0.15) is 0 Å². The van der Waals surface area contributed by atoms with E-state index in [1.54, 1.807) is 5.48 Å². The molecule has 0 heterocycles. The van der Waals surface area contributed by atoms with Crippen molar-refractivity contribution in [3.05, 3.63) is 91.6 Å². The van der Waals surface area contributed by atoms with E-state index >= 15 is 0 Å². The summed E-state index contributed by atoms with van der Waals surface area (Å²) in [4.78, 5) is 12.9. The first-order chi connectivity index (χ1) is 16.5. The summed E-state index contributed by atoms with van der Waals surface area (Å²) in [5.74, 6) is -0.802. The molecule has 0 aliphatic rings. The van der Waals surface area contributed by atoms with Gasteiger partial charge >= 0.3 is 6.18 Å². The van der Waals surface area contributed by atoms with Crippen LogP contribution in [-0.2, 0) is 10.3 Å². The number of carbonyl (C=O) groups is 1. The molecular weight excluding hydrogens is 532 g/mol. The number of hydrogen-bond donors (Lipinski definition) is 2. The predicted molar refractivity (Wildman–Crippen MR) is 130 cm³/mol. The molecule has 3 aromatic rings. The number of ether oxygens (including phenoxy) is 2. The lowest BCUT2D eigenvalue weighted by Crippen LogP contribution is -2.45. The zero-order valence-corrected chi connectivity index (χ0v) is 20.4. The van der Waals surface area contributed by atoms with Gasteiger partial charge in [0, 0.05) is 17.7 Å². The van der Waals surface area contributed by atoms with Crippen LogP contribution in [0.25, 0.3) is 0 Å². The summed E-state index contributed by atoms with van der Waals surface area (Å²) in [6.45, 7) is 0. The van der Waals surface area contributed by atoms with Crippen LogP contribution in [0.15, 0.2) is 54.6 Å². The minimum atomic E-state index is -4.92. The van der Waals surface area contributed by atoms with E-state index in [4.69, 9.17) is 44.3 Å². The maximum absolute atomic E-state index is 14.4. The molecule has 6 nitrogen and oxygen atoms in total. The highest BCUT2D eigenvalue weighted by Gasteiger charge is 2.58. The third-order valence-corrected chi connectivity index (χ3v) is 6.07. The SMILES string of the molecule is COc1c(N[O-])cccc1C(=O)Nc1c(Cl)cc(C(OC)(c2ccc(Cl)cc2)C(F)(F)F)cc1Cl. The standard InChI is InChI=1S/C23H17Cl3F3N2O4/c1-34-20-15(4-3-5-18(20)31-33)21(32)30-19-16(25)10-13(11-17(19)26)22(35-2,23(27,28)29)12-6-8-14(24)9-7-12/h3-11,31H,1-2H3,(H,30,32)/q-1. The summed E-state index contributed by atoms with van der Waals surface area (Å²) in [5.41, 5.74) is -2.12. The number of carbonyl (C=O) groups excluding carboxylic acids is 1. The summed E-state index contributed by atoms with van der Waals surface area (Å²) in [6, 6.07) is 11.2. The smallest absolute Gasteiger partial charge is 0.425 e. The van der Waals surface area contributed by atoms with E-state index < -0.39 is 23.2 Å². The minimum absolute atomic E-state index is 0.00529. The van der Waals surface area contributed by atoms with Crippen LogP contribution in [0.1, 0.15) is 21.5 Å². The summed E-state index contributed by atoms with van der Waals surface area (Å²) in [5, 5.41) is 13.2. The Morgan fingerprint density at radius 2 is 1.54 bits per heavy atom. The molecule has 1 unspecified atom stereocenters. The summed E-state index contributed by atoms with van der Waals surface area (Å²) < 4.78 is 53.5. The van der Waals surface area contributed by atoms with Gasteiger partial charge in [0.05, 0.1) is 34.1 Å². The third kappa shape index (κ3) is 5.00. The van der Waals surface area contributed by atoms with Gasteiger partial charge in [-0.25, -0.2) is 0 Å². The molecule has 0 aliphatic carbocycles. The van der Waals surface area contributed by atoms with Crippen molar-refractivity contribution in [1.29, 1.82) is 0 Å². The second kappa shape index (κ2) is 10.5. The van der Waals surface area contributed by atoms with Gasteiger partial charge in [-0.2, -0.15) is 13.2 Å². The molecule has 0 radical (unpaired) electrons. The van der Waals surface area contributed by atoms with Gasteiger partial charge in [-0.15, -0.1) is 0 Å². The number of para-hydroxylation sites is 1. The molecule has 0 fully saturated rings. The molecule has 0 spiro atoms. The first-order valence-electron chi connectivity index (χ1n) is 9.74. The highest BCUT2D eigenvalue weighted by Crippen LogP contribution is 2.49. The number of nitrogens with one attached hydrogen (secondary N) is 2. The van der Waals surface area contributed by atoms with E-state index in [0.29, 0.717) is 0 Å². The van der Waals surface area contributed by atoms with Crippen LogP contribution in [0.3, 0.4) is 0 Å². The fourth-order valence-corrected chi connectivity index (χ4v) is 4.33. The van der Waals surface area contributed by atoms with Crippen molar-refractivity contribution < 1.29 is 27.4 Å². The van der Waals surface area contributed by atoms with Crippen LogP contribution in [-0.4, -0.2) is 26.3 Å². The van der Waals surface area contributed by atoms with Gasteiger partial charge in [-0.1, -0.05) is 53.0 Å². The molecule has 2 N–H and O–H groups in total. The Kier molecular flexibility index (Phi) is 8.08. The number of halogens is 6. The summed E-state index contributed by atoms with van der Waals surface area (Å²) in [7, 11) is 2.17. The zero-order valence-electron chi connectivity index (χ0n) is 18.1. The molecule has 3 aromatic carbocycles. The van der Waals surface area contributed by atoms with Crippen molar-refractivity contribution in [1.82, 2.24) is 0 Å². The molecule has 186 valence electrons. The topological polar surface area (TPSA) is 82.6 Å². The Labute approximate surface area is 213 Å². The van der Waals surface area contributed by atoms with Gasteiger partial charge in [0.25, 0.3) is 5.91 Å². The third-order valence-electron chi connectivity index (χ3n) is 5.22. The highest BCUT2D eigenvalue weighted by molar-refractivity contribution is 6.40. The van der Waals surface area contributed by atoms with Crippen LogP contribution in [0.5, 0.6) is 5.75 Å². The van der Waals surface area contributed by atoms with Crippen molar-refractivity contribution >= 4 is 52.1 Å². The van der Waals surface area contributed by atoms with E-state index in [2.05, 4.69) is 5.32 Å².